The second-order valence-corrected chi connectivity index (χ2v) is 4.42. The van der Waals surface area contributed by atoms with Crippen molar-refractivity contribution < 1.29 is 4.79 Å². The smallest absolute Gasteiger partial charge is 0.182 e. The van der Waals surface area contributed by atoms with Crippen molar-refractivity contribution in [3.63, 3.8) is 0 Å². The first-order chi connectivity index (χ1) is 7.77. The zero-order chi connectivity index (χ0) is 11.4. The molecule has 88 valence electrons. The molecule has 0 saturated carbocycles. The molecule has 1 unspecified atom stereocenters. The lowest BCUT2D eigenvalue weighted by Crippen LogP contribution is -2.30. The van der Waals surface area contributed by atoms with Crippen molar-refractivity contribution in [3.8, 4) is 0 Å². The van der Waals surface area contributed by atoms with Crippen molar-refractivity contribution in [1.29, 1.82) is 0 Å². The highest BCUT2D eigenvalue weighted by Crippen LogP contribution is 2.17. The average molecular weight is 222 g/mol. The lowest BCUT2D eigenvalue weighted by Gasteiger charge is -2.22. The predicted octanol–water partition coefficient (Wildman–Crippen LogP) is 0.778. The maximum Gasteiger partial charge on any atom is 0.182 e. The van der Waals surface area contributed by atoms with E-state index in [0.717, 1.165) is 19.5 Å². The van der Waals surface area contributed by atoms with Crippen LogP contribution in [0.15, 0.2) is 6.20 Å². The number of nitrogens with zero attached hydrogens (tertiary/aromatic N) is 3. The van der Waals surface area contributed by atoms with Crippen LogP contribution in [0.1, 0.15) is 36.2 Å². The number of nitrogens with one attached hydrogen (secondary N) is 1. The van der Waals surface area contributed by atoms with Crippen LogP contribution in [-0.4, -0.2) is 33.9 Å². The van der Waals surface area contributed by atoms with Gasteiger partial charge in [0.05, 0.1) is 6.20 Å². The van der Waals surface area contributed by atoms with Crippen LogP contribution < -0.4 is 5.32 Å². The highest BCUT2D eigenvalue weighted by Gasteiger charge is 2.16. The summed E-state index contributed by atoms with van der Waals surface area (Å²) in [7, 11) is 1.75. The molecule has 0 spiro atoms. The minimum atomic E-state index is 0.151. The van der Waals surface area contributed by atoms with Crippen molar-refractivity contribution in [2.24, 2.45) is 13.0 Å². The summed E-state index contributed by atoms with van der Waals surface area (Å²) in [6.07, 6.45) is 5.59. The number of Topliss-reactive ketones (excluding diaryl/α,β-unsaturated/α-hetero) is 1. The van der Waals surface area contributed by atoms with Gasteiger partial charge >= 0.3 is 0 Å². The number of rotatable bonds is 4. The fourth-order valence-electron chi connectivity index (χ4n) is 2.18. The molecule has 1 atom stereocenters. The molecule has 16 heavy (non-hydrogen) atoms. The fraction of sp³-hybridized carbons (Fsp3) is 0.727. The zero-order valence-corrected chi connectivity index (χ0v) is 9.65. The van der Waals surface area contributed by atoms with Gasteiger partial charge in [-0.1, -0.05) is 5.21 Å². The Morgan fingerprint density at radius 2 is 2.56 bits per heavy atom. The van der Waals surface area contributed by atoms with Gasteiger partial charge in [0.15, 0.2) is 5.78 Å². The number of hydrogen-bond acceptors (Lipinski definition) is 4. The van der Waals surface area contributed by atoms with E-state index in [1.54, 1.807) is 17.9 Å². The highest BCUT2D eigenvalue weighted by molar-refractivity contribution is 5.94. The highest BCUT2D eigenvalue weighted by atomic mass is 16.1. The summed E-state index contributed by atoms with van der Waals surface area (Å²) in [5.74, 6) is 0.803. The van der Waals surface area contributed by atoms with Gasteiger partial charge in [-0.15, -0.1) is 5.10 Å². The Kier molecular flexibility index (Phi) is 3.66. The molecular weight excluding hydrogens is 204 g/mol. The third-order valence-corrected chi connectivity index (χ3v) is 3.18. The van der Waals surface area contributed by atoms with E-state index in [1.807, 2.05) is 0 Å². The predicted molar refractivity (Wildman–Crippen MR) is 60.2 cm³/mol. The number of aryl methyl sites for hydroxylation is 1. The van der Waals surface area contributed by atoms with Crippen molar-refractivity contribution in [3.05, 3.63) is 11.9 Å². The quantitative estimate of drug-likeness (QED) is 0.765. The van der Waals surface area contributed by atoms with Crippen LogP contribution in [-0.2, 0) is 7.05 Å². The summed E-state index contributed by atoms with van der Waals surface area (Å²) in [6, 6.07) is 0. The topological polar surface area (TPSA) is 59.8 Å². The summed E-state index contributed by atoms with van der Waals surface area (Å²) in [6.45, 7) is 2.17. The van der Waals surface area contributed by atoms with Crippen LogP contribution in [0, 0.1) is 5.92 Å². The summed E-state index contributed by atoms with van der Waals surface area (Å²) in [5.41, 5.74) is 0.615. The maximum absolute atomic E-state index is 11.8. The molecule has 0 bridgehead atoms. The molecular formula is C11H18N4O. The van der Waals surface area contributed by atoms with Crippen LogP contribution in [0.2, 0.25) is 0 Å². The molecule has 1 aromatic heterocycles. The van der Waals surface area contributed by atoms with E-state index in [2.05, 4.69) is 15.6 Å². The standard InChI is InChI=1S/C11H18N4O/c1-15-10(8-13-14-15)11(16)5-4-9-3-2-6-12-7-9/h8-9,12H,2-7H2,1H3. The van der Waals surface area contributed by atoms with E-state index in [1.165, 1.54) is 12.8 Å². The Balaban J connectivity index is 1.81. The van der Waals surface area contributed by atoms with E-state index in [0.29, 0.717) is 18.0 Å². The third-order valence-electron chi connectivity index (χ3n) is 3.18. The molecule has 5 nitrogen and oxygen atoms in total. The molecule has 2 rings (SSSR count). The number of aromatic nitrogens is 3. The molecule has 0 radical (unpaired) electrons. The second kappa shape index (κ2) is 5.21. The van der Waals surface area contributed by atoms with E-state index in [-0.39, 0.29) is 5.78 Å². The molecule has 1 aliphatic rings. The molecule has 0 amide bonds. The number of hydrogen-bond donors (Lipinski definition) is 1. The van der Waals surface area contributed by atoms with Crippen LogP contribution in [0.4, 0.5) is 0 Å². The van der Waals surface area contributed by atoms with E-state index in [4.69, 9.17) is 0 Å². The lowest BCUT2D eigenvalue weighted by molar-refractivity contribution is 0.0962. The molecule has 0 aliphatic carbocycles. The lowest BCUT2D eigenvalue weighted by atomic mass is 9.93. The van der Waals surface area contributed by atoms with Gasteiger partial charge in [-0.05, 0) is 38.3 Å². The van der Waals surface area contributed by atoms with Gasteiger partial charge in [0.25, 0.3) is 0 Å². The first-order valence-electron chi connectivity index (χ1n) is 5.86. The summed E-state index contributed by atoms with van der Waals surface area (Å²) < 4.78 is 1.54. The number of piperidine rings is 1. The fourth-order valence-corrected chi connectivity index (χ4v) is 2.18. The van der Waals surface area contributed by atoms with Crippen molar-refractivity contribution in [2.45, 2.75) is 25.7 Å². The average Bonchev–Trinajstić information content (AvgIpc) is 2.74. The minimum absolute atomic E-state index is 0.151. The first kappa shape index (κ1) is 11.3. The van der Waals surface area contributed by atoms with Gasteiger partial charge in [0.2, 0.25) is 0 Å². The SMILES string of the molecule is Cn1nncc1C(=O)CCC1CCCNC1. The first-order valence-corrected chi connectivity index (χ1v) is 5.86. The van der Waals surface area contributed by atoms with Crippen molar-refractivity contribution in [2.75, 3.05) is 13.1 Å². The Hall–Kier alpha value is -1.23. The largest absolute Gasteiger partial charge is 0.316 e. The van der Waals surface area contributed by atoms with Gasteiger partial charge in [-0.25, -0.2) is 4.68 Å². The normalized spacial score (nSPS) is 20.9. The third kappa shape index (κ3) is 2.66. The van der Waals surface area contributed by atoms with E-state index < -0.39 is 0 Å². The Morgan fingerprint density at radius 3 is 3.19 bits per heavy atom. The van der Waals surface area contributed by atoms with Gasteiger partial charge < -0.3 is 5.32 Å². The van der Waals surface area contributed by atoms with E-state index in [9.17, 15) is 4.79 Å². The number of carbonyl (C=O) groups is 1. The van der Waals surface area contributed by atoms with Crippen LogP contribution in [0.3, 0.4) is 0 Å². The summed E-state index contributed by atoms with van der Waals surface area (Å²) in [4.78, 5) is 11.8. The van der Waals surface area contributed by atoms with Crippen LogP contribution >= 0.6 is 0 Å². The van der Waals surface area contributed by atoms with Gasteiger partial charge in [-0.2, -0.15) is 0 Å². The Bertz CT molecular complexity index is 355. The zero-order valence-electron chi connectivity index (χ0n) is 9.65. The van der Waals surface area contributed by atoms with Crippen molar-refractivity contribution in [1.82, 2.24) is 20.3 Å². The second-order valence-electron chi connectivity index (χ2n) is 4.42. The van der Waals surface area contributed by atoms with E-state index >= 15 is 0 Å². The molecule has 1 saturated heterocycles. The monoisotopic (exact) mass is 222 g/mol. The molecule has 5 heteroatoms. The molecule has 2 heterocycles. The maximum atomic E-state index is 11.8. The summed E-state index contributed by atoms with van der Waals surface area (Å²) >= 11 is 0. The molecule has 1 N–H and O–H groups in total. The van der Waals surface area contributed by atoms with Gasteiger partial charge in [-0.3, -0.25) is 4.79 Å². The van der Waals surface area contributed by atoms with Crippen LogP contribution in [0.5, 0.6) is 0 Å². The van der Waals surface area contributed by atoms with Crippen LogP contribution in [0.25, 0.3) is 0 Å². The molecule has 0 aromatic carbocycles. The van der Waals surface area contributed by atoms with Gasteiger partial charge in [0, 0.05) is 13.5 Å². The Morgan fingerprint density at radius 1 is 1.69 bits per heavy atom. The molecule has 1 aliphatic heterocycles. The van der Waals surface area contributed by atoms with Gasteiger partial charge in [0.1, 0.15) is 5.69 Å². The minimum Gasteiger partial charge on any atom is -0.316 e. The molecule has 1 fully saturated rings. The Labute approximate surface area is 95.2 Å². The number of ketones is 1. The summed E-state index contributed by atoms with van der Waals surface area (Å²) in [5, 5.41) is 10.8. The molecule has 1 aromatic rings. The van der Waals surface area contributed by atoms with Crippen molar-refractivity contribution >= 4 is 5.78 Å². The number of carbonyl (C=O) groups excluding carboxylic acids is 1.